The molecule has 0 spiro atoms. The summed E-state index contributed by atoms with van der Waals surface area (Å²) in [5, 5.41) is 1.99. The van der Waals surface area contributed by atoms with Crippen molar-refractivity contribution in [3.05, 3.63) is 7.05 Å². The molecule has 1 aliphatic heterocycles. The summed E-state index contributed by atoms with van der Waals surface area (Å²) in [6, 6.07) is 0. The Kier molecular flexibility index (Phi) is 2.32. The van der Waals surface area contributed by atoms with E-state index in [1.54, 1.807) is 0 Å². The van der Waals surface area contributed by atoms with E-state index in [1.807, 2.05) is 5.32 Å². The van der Waals surface area contributed by atoms with Crippen LogP contribution >= 0.6 is 0 Å². The Balaban J connectivity index is 2.43. The molecule has 0 saturated carbocycles. The van der Waals surface area contributed by atoms with Gasteiger partial charge in [0, 0.05) is 12.5 Å². The summed E-state index contributed by atoms with van der Waals surface area (Å²) in [5.74, 6) is 0.685. The van der Waals surface area contributed by atoms with Gasteiger partial charge in [-0.25, -0.2) is 0 Å². The number of quaternary nitrogens is 1. The minimum absolute atomic E-state index is 0.0915. The van der Waals surface area contributed by atoms with Crippen molar-refractivity contribution in [3.8, 4) is 0 Å². The molecule has 1 fully saturated rings. The first-order valence-corrected chi connectivity index (χ1v) is 3.91. The van der Waals surface area contributed by atoms with E-state index >= 15 is 0 Å². The van der Waals surface area contributed by atoms with Gasteiger partial charge in [-0.15, -0.1) is 0 Å². The first kappa shape index (κ1) is 8.02. The molecular weight excluding hydrogens is 126 g/mol. The monoisotopic (exact) mass is 143 g/mol. The second kappa shape index (κ2) is 2.89. The quantitative estimate of drug-likeness (QED) is 0.547. The predicted molar refractivity (Wildman–Crippen MR) is 40.3 cm³/mol. The van der Waals surface area contributed by atoms with Crippen LogP contribution in [-0.4, -0.2) is 18.8 Å². The minimum atomic E-state index is 0.0915. The molecule has 1 heterocycles. The molecule has 1 saturated heterocycles. The zero-order valence-corrected chi connectivity index (χ0v) is 6.89. The summed E-state index contributed by atoms with van der Waals surface area (Å²) in [6.45, 7) is 6.33. The van der Waals surface area contributed by atoms with Gasteiger partial charge in [0.2, 0.25) is 0 Å². The fraction of sp³-hybridized carbons (Fsp3) is 0.875. The molecule has 0 aromatic rings. The maximum atomic E-state index is 5.56. The molecule has 60 valence electrons. The topological polar surface area (TPSA) is 25.8 Å². The van der Waals surface area contributed by atoms with Gasteiger partial charge >= 0.3 is 0 Å². The second-order valence-corrected chi connectivity index (χ2v) is 3.46. The zero-order chi connectivity index (χ0) is 7.61. The van der Waals surface area contributed by atoms with E-state index in [1.165, 1.54) is 6.42 Å². The molecule has 2 nitrogen and oxygen atoms in total. The molecule has 1 rings (SSSR count). The van der Waals surface area contributed by atoms with Crippen LogP contribution in [0.5, 0.6) is 0 Å². The van der Waals surface area contributed by atoms with Crippen molar-refractivity contribution in [1.82, 2.24) is 0 Å². The average Bonchev–Trinajstić information content (AvgIpc) is 2.13. The second-order valence-electron chi connectivity index (χ2n) is 3.46. The van der Waals surface area contributed by atoms with Crippen molar-refractivity contribution in [2.45, 2.75) is 25.9 Å². The highest BCUT2D eigenvalue weighted by molar-refractivity contribution is 4.83. The first-order valence-electron chi connectivity index (χ1n) is 3.91. The van der Waals surface area contributed by atoms with Crippen LogP contribution in [0.15, 0.2) is 0 Å². The molecule has 1 atom stereocenters. The average molecular weight is 143 g/mol. The van der Waals surface area contributed by atoms with Crippen molar-refractivity contribution in [2.24, 2.45) is 5.92 Å². The molecule has 1 unspecified atom stereocenters. The highest BCUT2D eigenvalue weighted by Crippen LogP contribution is 2.29. The highest BCUT2D eigenvalue weighted by Gasteiger charge is 2.35. The fourth-order valence-electron chi connectivity index (χ4n) is 1.53. The standard InChI is InChI=1S/C8H17NO/c1-8(2)7(6-9-3)4-5-10-8/h7H,3-6,9H2,1-2H3. The molecule has 10 heavy (non-hydrogen) atoms. The normalized spacial score (nSPS) is 30.9. The van der Waals surface area contributed by atoms with Gasteiger partial charge < -0.3 is 10.1 Å². The summed E-state index contributed by atoms with van der Waals surface area (Å²) in [5.41, 5.74) is 0.0915. The number of hydrogen-bond acceptors (Lipinski definition) is 1. The lowest BCUT2D eigenvalue weighted by atomic mass is 9.91. The predicted octanol–water partition coefficient (Wildman–Crippen LogP) is 0.156. The lowest BCUT2D eigenvalue weighted by molar-refractivity contribution is -0.603. The molecular formula is C8H17NO. The van der Waals surface area contributed by atoms with Crippen LogP contribution in [0.3, 0.4) is 0 Å². The van der Waals surface area contributed by atoms with Crippen LogP contribution < -0.4 is 5.32 Å². The molecule has 0 amide bonds. The van der Waals surface area contributed by atoms with Crippen LogP contribution in [0.1, 0.15) is 20.3 Å². The molecule has 2 heteroatoms. The van der Waals surface area contributed by atoms with E-state index in [0.717, 1.165) is 13.2 Å². The maximum absolute atomic E-state index is 5.56. The number of hydrogen-bond donors (Lipinski definition) is 1. The van der Waals surface area contributed by atoms with Crippen molar-refractivity contribution < 1.29 is 10.1 Å². The molecule has 0 bridgehead atoms. The number of ether oxygens (including phenoxy) is 1. The van der Waals surface area contributed by atoms with Gasteiger partial charge in [0.1, 0.15) is 0 Å². The lowest BCUT2D eigenvalue weighted by Crippen LogP contribution is -2.79. The summed E-state index contributed by atoms with van der Waals surface area (Å²) < 4.78 is 5.56. The van der Waals surface area contributed by atoms with Crippen molar-refractivity contribution in [1.29, 1.82) is 0 Å². The van der Waals surface area contributed by atoms with Crippen LogP contribution in [-0.2, 0) is 4.74 Å². The first-order chi connectivity index (χ1) is 4.67. The molecule has 1 aliphatic rings. The van der Waals surface area contributed by atoms with E-state index in [-0.39, 0.29) is 5.60 Å². The zero-order valence-electron chi connectivity index (χ0n) is 6.89. The van der Waals surface area contributed by atoms with E-state index < -0.39 is 0 Å². The summed E-state index contributed by atoms with van der Waals surface area (Å²) in [7, 11) is 3.73. The van der Waals surface area contributed by atoms with Crippen molar-refractivity contribution in [3.63, 3.8) is 0 Å². The Morgan fingerprint density at radius 2 is 2.40 bits per heavy atom. The fourth-order valence-corrected chi connectivity index (χ4v) is 1.53. The molecule has 0 radical (unpaired) electrons. The number of nitrogens with two attached hydrogens (primary N) is 1. The van der Waals surface area contributed by atoms with Gasteiger partial charge in [-0.1, -0.05) is 0 Å². The summed E-state index contributed by atoms with van der Waals surface area (Å²) in [6.07, 6.45) is 1.19. The van der Waals surface area contributed by atoms with Crippen molar-refractivity contribution >= 4 is 0 Å². The van der Waals surface area contributed by atoms with E-state index in [4.69, 9.17) is 4.74 Å². The Hall–Kier alpha value is -0.0800. The molecule has 0 aliphatic carbocycles. The van der Waals surface area contributed by atoms with E-state index in [9.17, 15) is 0 Å². The maximum Gasteiger partial charge on any atom is 0.0708 e. The van der Waals surface area contributed by atoms with E-state index in [2.05, 4.69) is 20.9 Å². The lowest BCUT2D eigenvalue weighted by Gasteiger charge is -2.24. The van der Waals surface area contributed by atoms with Gasteiger partial charge in [-0.05, 0) is 20.3 Å². The Bertz CT molecular complexity index is 112. The third-order valence-corrected chi connectivity index (χ3v) is 2.37. The number of rotatable bonds is 2. The summed E-state index contributed by atoms with van der Waals surface area (Å²) in [4.78, 5) is 0. The van der Waals surface area contributed by atoms with Gasteiger partial charge in [0.05, 0.1) is 12.1 Å². The van der Waals surface area contributed by atoms with Gasteiger partial charge in [0.15, 0.2) is 0 Å². The minimum Gasteiger partial charge on any atom is -0.479 e. The Morgan fingerprint density at radius 1 is 1.70 bits per heavy atom. The molecule has 0 aromatic carbocycles. The third kappa shape index (κ3) is 1.50. The van der Waals surface area contributed by atoms with E-state index in [0.29, 0.717) is 5.92 Å². The highest BCUT2D eigenvalue weighted by atomic mass is 16.5. The Morgan fingerprint density at radius 3 is 2.80 bits per heavy atom. The SMILES string of the molecule is [CH2-][NH2+]CC1CCOC1(C)C. The van der Waals surface area contributed by atoms with Gasteiger partial charge in [-0.3, -0.25) is 0 Å². The van der Waals surface area contributed by atoms with Gasteiger partial charge in [-0.2, -0.15) is 7.05 Å². The van der Waals surface area contributed by atoms with Crippen LogP contribution in [0, 0.1) is 13.0 Å². The van der Waals surface area contributed by atoms with Crippen LogP contribution in [0.4, 0.5) is 0 Å². The molecule has 2 N–H and O–H groups in total. The van der Waals surface area contributed by atoms with Crippen LogP contribution in [0.25, 0.3) is 0 Å². The largest absolute Gasteiger partial charge is 0.479 e. The van der Waals surface area contributed by atoms with Crippen molar-refractivity contribution in [2.75, 3.05) is 13.2 Å². The molecule has 0 aromatic heterocycles. The third-order valence-electron chi connectivity index (χ3n) is 2.37. The van der Waals surface area contributed by atoms with Gasteiger partial charge in [0.25, 0.3) is 0 Å². The van der Waals surface area contributed by atoms with Crippen LogP contribution in [0.2, 0.25) is 0 Å². The summed E-state index contributed by atoms with van der Waals surface area (Å²) >= 11 is 0. The Labute approximate surface area is 63.0 Å². The smallest absolute Gasteiger partial charge is 0.0708 e.